The Labute approximate surface area is 105 Å². The van der Waals surface area contributed by atoms with Gasteiger partial charge in [-0.2, -0.15) is 0 Å². The molecule has 0 aliphatic heterocycles. The minimum atomic E-state index is 0. The molecule has 0 amide bonds. The Kier molecular flexibility index (Phi) is 9.13. The van der Waals surface area contributed by atoms with Gasteiger partial charge in [-0.1, -0.05) is 37.5 Å². The maximum atomic E-state index is 5.64. The number of hydrogen-bond donors (Lipinski definition) is 0. The van der Waals surface area contributed by atoms with Crippen LogP contribution in [0.5, 0.6) is 5.75 Å². The van der Waals surface area contributed by atoms with E-state index in [0.717, 1.165) is 5.75 Å². The second kappa shape index (κ2) is 9.18. The molecule has 1 aromatic rings. The Bertz CT molecular complexity index is 248. The molecule has 15 heavy (non-hydrogen) atoms. The second-order valence-corrected chi connectivity index (χ2v) is 4.51. The van der Waals surface area contributed by atoms with Gasteiger partial charge in [0.05, 0.1) is 8.81 Å². The zero-order valence-corrected chi connectivity index (χ0v) is 12.2. The van der Waals surface area contributed by atoms with Crippen molar-refractivity contribution >= 4 is 25.8 Å². The van der Waals surface area contributed by atoms with Crippen molar-refractivity contribution in [2.24, 2.45) is 0 Å². The standard InChI is InChI=1S/C12H19OP.BrH/c1-3-4-5-10-14-13-12-8-6-11(2)7-9-12;/h6-9,14H,3-5,10H2,1-2H3;1H. The fourth-order valence-corrected chi connectivity index (χ4v) is 1.99. The van der Waals surface area contributed by atoms with Crippen LogP contribution < -0.4 is 4.52 Å². The van der Waals surface area contributed by atoms with Crippen LogP contribution in [0.15, 0.2) is 24.3 Å². The lowest BCUT2D eigenvalue weighted by molar-refractivity contribution is 0.624. The van der Waals surface area contributed by atoms with Crippen molar-refractivity contribution in [2.75, 3.05) is 6.16 Å². The van der Waals surface area contributed by atoms with Gasteiger partial charge in [-0.3, -0.25) is 0 Å². The highest BCUT2D eigenvalue weighted by molar-refractivity contribution is 8.93. The summed E-state index contributed by atoms with van der Waals surface area (Å²) < 4.78 is 5.64. The van der Waals surface area contributed by atoms with Crippen molar-refractivity contribution in [1.82, 2.24) is 0 Å². The number of unbranched alkanes of at least 4 members (excludes halogenated alkanes) is 2. The lowest BCUT2D eigenvalue weighted by Crippen LogP contribution is -1.83. The first kappa shape index (κ1) is 14.9. The van der Waals surface area contributed by atoms with Crippen LogP contribution in [0.4, 0.5) is 0 Å². The van der Waals surface area contributed by atoms with Crippen LogP contribution in [0.2, 0.25) is 0 Å². The highest BCUT2D eigenvalue weighted by atomic mass is 79.9. The van der Waals surface area contributed by atoms with Gasteiger partial charge in [-0.15, -0.1) is 17.0 Å². The SMILES string of the molecule is Br.CCCCCPOc1ccc(C)cc1. The predicted octanol–water partition coefficient (Wildman–Crippen LogP) is 4.74. The molecule has 0 aromatic heterocycles. The number of halogens is 1. The fourth-order valence-electron chi connectivity index (χ4n) is 1.19. The monoisotopic (exact) mass is 290 g/mol. The molecule has 3 heteroatoms. The van der Waals surface area contributed by atoms with Gasteiger partial charge in [0.1, 0.15) is 5.75 Å². The first-order chi connectivity index (χ1) is 6.83. The molecule has 0 radical (unpaired) electrons. The molecular formula is C12H20BrOP. The van der Waals surface area contributed by atoms with E-state index in [1.54, 1.807) is 0 Å². The van der Waals surface area contributed by atoms with Crippen LogP contribution in [0.3, 0.4) is 0 Å². The second-order valence-electron chi connectivity index (χ2n) is 3.52. The molecule has 1 unspecified atom stereocenters. The van der Waals surface area contributed by atoms with Crippen LogP contribution in [-0.2, 0) is 0 Å². The van der Waals surface area contributed by atoms with Crippen molar-refractivity contribution in [2.45, 2.75) is 33.1 Å². The van der Waals surface area contributed by atoms with Gasteiger partial charge in [-0.05, 0) is 25.5 Å². The van der Waals surface area contributed by atoms with Crippen LogP contribution in [-0.4, -0.2) is 6.16 Å². The van der Waals surface area contributed by atoms with E-state index < -0.39 is 0 Å². The summed E-state index contributed by atoms with van der Waals surface area (Å²) in [5.74, 6) is 1.01. The van der Waals surface area contributed by atoms with E-state index in [0.29, 0.717) is 8.81 Å². The minimum absolute atomic E-state index is 0. The Hall–Kier alpha value is -0.0700. The Morgan fingerprint density at radius 2 is 1.80 bits per heavy atom. The smallest absolute Gasteiger partial charge is 0.122 e. The Morgan fingerprint density at radius 1 is 1.13 bits per heavy atom. The predicted molar refractivity (Wildman–Crippen MR) is 74.8 cm³/mol. The largest absolute Gasteiger partial charge is 0.477 e. The van der Waals surface area contributed by atoms with Crippen molar-refractivity contribution in [1.29, 1.82) is 0 Å². The third-order valence-corrected chi connectivity index (χ3v) is 3.03. The number of benzene rings is 1. The van der Waals surface area contributed by atoms with Crippen LogP contribution in [0, 0.1) is 6.92 Å². The minimum Gasteiger partial charge on any atom is -0.477 e. The molecular weight excluding hydrogens is 271 g/mol. The van der Waals surface area contributed by atoms with E-state index in [1.165, 1.54) is 31.0 Å². The fraction of sp³-hybridized carbons (Fsp3) is 0.500. The zero-order chi connectivity index (χ0) is 10.2. The van der Waals surface area contributed by atoms with Crippen LogP contribution >= 0.6 is 25.8 Å². The van der Waals surface area contributed by atoms with Crippen LogP contribution in [0.25, 0.3) is 0 Å². The molecule has 1 rings (SSSR count). The summed E-state index contributed by atoms with van der Waals surface area (Å²) >= 11 is 0. The quantitative estimate of drug-likeness (QED) is 0.543. The summed E-state index contributed by atoms with van der Waals surface area (Å²) in [6.07, 6.45) is 5.10. The number of hydrogen-bond acceptors (Lipinski definition) is 1. The molecule has 0 spiro atoms. The van der Waals surface area contributed by atoms with Crippen molar-refractivity contribution in [3.8, 4) is 5.75 Å². The highest BCUT2D eigenvalue weighted by Gasteiger charge is 1.93. The van der Waals surface area contributed by atoms with Gasteiger partial charge in [-0.25, -0.2) is 0 Å². The first-order valence-electron chi connectivity index (χ1n) is 5.29. The third kappa shape index (κ3) is 6.92. The summed E-state index contributed by atoms with van der Waals surface area (Å²) in [7, 11) is 0.616. The van der Waals surface area contributed by atoms with Crippen molar-refractivity contribution in [3.05, 3.63) is 29.8 Å². The summed E-state index contributed by atoms with van der Waals surface area (Å²) in [4.78, 5) is 0. The molecule has 0 N–H and O–H groups in total. The molecule has 1 atom stereocenters. The molecule has 86 valence electrons. The summed E-state index contributed by atoms with van der Waals surface area (Å²) in [5, 5.41) is 0. The normalized spacial score (nSPS) is 10.3. The van der Waals surface area contributed by atoms with Gasteiger partial charge in [0, 0.05) is 6.16 Å². The number of aryl methyl sites for hydroxylation is 1. The van der Waals surface area contributed by atoms with Gasteiger partial charge in [0.2, 0.25) is 0 Å². The van der Waals surface area contributed by atoms with Crippen LogP contribution in [0.1, 0.15) is 31.7 Å². The number of rotatable bonds is 6. The molecule has 1 nitrogen and oxygen atoms in total. The molecule has 1 aromatic carbocycles. The maximum Gasteiger partial charge on any atom is 0.122 e. The molecule has 0 saturated heterocycles. The van der Waals surface area contributed by atoms with E-state index in [1.807, 2.05) is 12.1 Å². The molecule has 0 aliphatic rings. The maximum absolute atomic E-state index is 5.64. The third-order valence-electron chi connectivity index (χ3n) is 2.09. The molecule has 0 heterocycles. The van der Waals surface area contributed by atoms with E-state index in [-0.39, 0.29) is 17.0 Å². The molecule has 0 bridgehead atoms. The van der Waals surface area contributed by atoms with E-state index in [2.05, 4.69) is 26.0 Å². The van der Waals surface area contributed by atoms with E-state index in [9.17, 15) is 0 Å². The van der Waals surface area contributed by atoms with Gasteiger partial charge in [0.25, 0.3) is 0 Å². The lowest BCUT2D eigenvalue weighted by atomic mass is 10.2. The average Bonchev–Trinajstić information content (AvgIpc) is 2.21. The van der Waals surface area contributed by atoms with Crippen molar-refractivity contribution in [3.63, 3.8) is 0 Å². The molecule has 0 saturated carbocycles. The van der Waals surface area contributed by atoms with Gasteiger partial charge < -0.3 is 4.52 Å². The van der Waals surface area contributed by atoms with Gasteiger partial charge in [0.15, 0.2) is 0 Å². The zero-order valence-electron chi connectivity index (χ0n) is 9.45. The van der Waals surface area contributed by atoms with E-state index >= 15 is 0 Å². The van der Waals surface area contributed by atoms with Crippen molar-refractivity contribution < 1.29 is 4.52 Å². The highest BCUT2D eigenvalue weighted by Crippen LogP contribution is 2.21. The molecule has 0 aliphatic carbocycles. The molecule has 0 fully saturated rings. The lowest BCUT2D eigenvalue weighted by Gasteiger charge is -2.05. The summed E-state index contributed by atoms with van der Waals surface area (Å²) in [6.45, 7) is 4.32. The summed E-state index contributed by atoms with van der Waals surface area (Å²) in [6, 6.07) is 8.27. The summed E-state index contributed by atoms with van der Waals surface area (Å²) in [5.41, 5.74) is 1.28. The van der Waals surface area contributed by atoms with E-state index in [4.69, 9.17) is 4.52 Å². The first-order valence-corrected chi connectivity index (χ1v) is 6.41. The van der Waals surface area contributed by atoms with Gasteiger partial charge >= 0.3 is 0 Å². The topological polar surface area (TPSA) is 9.23 Å². The Balaban J connectivity index is 0.00000196. The average molecular weight is 291 g/mol. The Morgan fingerprint density at radius 3 is 2.40 bits per heavy atom.